The highest BCUT2D eigenvalue weighted by atomic mass is 16.5. The predicted octanol–water partition coefficient (Wildman–Crippen LogP) is 3.77. The zero-order valence-electron chi connectivity index (χ0n) is 17.2. The molecule has 0 bridgehead atoms. The van der Waals surface area contributed by atoms with Crippen LogP contribution in [0.2, 0.25) is 0 Å². The molecule has 8 nitrogen and oxygen atoms in total. The molecule has 5 rings (SSSR count). The van der Waals surface area contributed by atoms with Crippen LogP contribution in [0.3, 0.4) is 0 Å². The van der Waals surface area contributed by atoms with Crippen molar-refractivity contribution in [3.8, 4) is 22.8 Å². The molecule has 0 saturated carbocycles. The van der Waals surface area contributed by atoms with Crippen LogP contribution in [-0.4, -0.2) is 44.1 Å². The number of hydrogen-bond acceptors (Lipinski definition) is 7. The monoisotopic (exact) mass is 412 g/mol. The summed E-state index contributed by atoms with van der Waals surface area (Å²) in [5.74, 6) is 1.56. The second-order valence-corrected chi connectivity index (χ2v) is 7.12. The Morgan fingerprint density at radius 2 is 1.58 bits per heavy atom. The number of rotatable bonds is 6. The van der Waals surface area contributed by atoms with Crippen molar-refractivity contribution in [3.63, 3.8) is 0 Å². The minimum atomic E-state index is 0.620. The molecule has 1 N–H and O–H groups in total. The molecular formula is C23H20N6O2. The van der Waals surface area contributed by atoms with Gasteiger partial charge in [-0.15, -0.1) is 0 Å². The summed E-state index contributed by atoms with van der Waals surface area (Å²) in [6, 6.07) is 9.83. The number of benzene rings is 1. The van der Waals surface area contributed by atoms with Crippen LogP contribution in [0.25, 0.3) is 33.6 Å². The van der Waals surface area contributed by atoms with Crippen LogP contribution in [0.1, 0.15) is 11.3 Å². The molecule has 0 aliphatic carbocycles. The summed E-state index contributed by atoms with van der Waals surface area (Å²) in [7, 11) is 3.30. The van der Waals surface area contributed by atoms with Crippen LogP contribution >= 0.6 is 0 Å². The van der Waals surface area contributed by atoms with Crippen molar-refractivity contribution in [1.29, 1.82) is 0 Å². The van der Waals surface area contributed by atoms with E-state index in [9.17, 15) is 0 Å². The number of fused-ring (bicyclic) bond motifs is 2. The zero-order valence-corrected chi connectivity index (χ0v) is 17.2. The first kappa shape index (κ1) is 18.9. The molecule has 0 unspecified atom stereocenters. The number of ether oxygens (including phenoxy) is 2. The van der Waals surface area contributed by atoms with Gasteiger partial charge in [0.05, 0.1) is 31.8 Å². The topological polar surface area (TPSA) is 98.7 Å². The Kier molecular flexibility index (Phi) is 4.87. The number of H-pyrrole nitrogens is 1. The average molecular weight is 412 g/mol. The minimum Gasteiger partial charge on any atom is -0.497 e. The van der Waals surface area contributed by atoms with Gasteiger partial charge in [-0.3, -0.25) is 4.98 Å². The molecule has 4 heterocycles. The van der Waals surface area contributed by atoms with Gasteiger partial charge < -0.3 is 14.5 Å². The van der Waals surface area contributed by atoms with Crippen molar-refractivity contribution in [3.05, 3.63) is 66.4 Å². The fourth-order valence-corrected chi connectivity index (χ4v) is 3.50. The molecule has 0 fully saturated rings. The van der Waals surface area contributed by atoms with Crippen LogP contribution in [0.4, 0.5) is 0 Å². The van der Waals surface area contributed by atoms with Crippen LogP contribution < -0.4 is 9.47 Å². The average Bonchev–Trinajstić information content (AvgIpc) is 3.25. The van der Waals surface area contributed by atoms with Crippen molar-refractivity contribution >= 4 is 22.3 Å². The van der Waals surface area contributed by atoms with Crippen molar-refractivity contribution < 1.29 is 9.47 Å². The number of nitrogens with one attached hydrogen (secondary N) is 1. The van der Waals surface area contributed by atoms with Crippen LogP contribution in [0.15, 0.2) is 55.1 Å². The maximum atomic E-state index is 5.35. The van der Waals surface area contributed by atoms with Gasteiger partial charge in [-0.1, -0.05) is 0 Å². The molecule has 31 heavy (non-hydrogen) atoms. The summed E-state index contributed by atoms with van der Waals surface area (Å²) in [6.45, 7) is 0. The number of aryl methyl sites for hydroxylation is 2. The zero-order chi connectivity index (χ0) is 21.2. The predicted molar refractivity (Wildman–Crippen MR) is 117 cm³/mol. The van der Waals surface area contributed by atoms with E-state index in [1.54, 1.807) is 32.8 Å². The summed E-state index contributed by atoms with van der Waals surface area (Å²) in [6.07, 6.45) is 8.44. The van der Waals surface area contributed by atoms with Crippen LogP contribution in [0.5, 0.6) is 11.5 Å². The van der Waals surface area contributed by atoms with Gasteiger partial charge in [0.15, 0.2) is 11.3 Å². The maximum absolute atomic E-state index is 5.35. The van der Waals surface area contributed by atoms with Crippen molar-refractivity contribution in [2.45, 2.75) is 12.8 Å². The summed E-state index contributed by atoms with van der Waals surface area (Å²) in [5, 5.41) is 0. The third kappa shape index (κ3) is 3.87. The maximum Gasteiger partial charge on any atom is 0.178 e. The minimum absolute atomic E-state index is 0.620. The van der Waals surface area contributed by atoms with E-state index >= 15 is 0 Å². The Hall–Kier alpha value is -4.07. The van der Waals surface area contributed by atoms with Crippen LogP contribution in [-0.2, 0) is 12.8 Å². The largest absolute Gasteiger partial charge is 0.497 e. The SMILES string of the molecule is COc1cc(CCc2cnc3[nH]c(-c4cnc5nccnc5c4)cc3n2)cc(OC)c1. The third-order valence-corrected chi connectivity index (χ3v) is 5.10. The number of aromatic nitrogens is 6. The van der Waals surface area contributed by atoms with E-state index in [0.717, 1.165) is 63.5 Å². The van der Waals surface area contributed by atoms with E-state index in [0.29, 0.717) is 5.65 Å². The lowest BCUT2D eigenvalue weighted by Crippen LogP contribution is -1.97. The molecular weight excluding hydrogens is 392 g/mol. The first-order chi connectivity index (χ1) is 15.2. The summed E-state index contributed by atoms with van der Waals surface area (Å²) in [5.41, 5.74) is 6.76. The molecule has 0 saturated heterocycles. The number of hydrogen-bond donors (Lipinski definition) is 1. The van der Waals surface area contributed by atoms with Gasteiger partial charge in [-0.25, -0.2) is 19.9 Å². The van der Waals surface area contributed by atoms with E-state index in [4.69, 9.17) is 14.5 Å². The lowest BCUT2D eigenvalue weighted by atomic mass is 10.1. The van der Waals surface area contributed by atoms with Crippen molar-refractivity contribution in [1.82, 2.24) is 29.9 Å². The third-order valence-electron chi connectivity index (χ3n) is 5.10. The van der Waals surface area contributed by atoms with Gasteiger partial charge in [0, 0.05) is 30.2 Å². The van der Waals surface area contributed by atoms with Gasteiger partial charge in [0.25, 0.3) is 0 Å². The normalized spacial score (nSPS) is 11.2. The standard InChI is InChI=1S/C23H20N6O2/c1-30-17-7-14(8-18(10-17)31-2)3-4-16-13-27-23-21(28-16)11-19(29-23)15-9-20-22(26-12-15)25-6-5-24-20/h5-13H,3-4H2,1-2H3,(H,27,29). The number of aromatic amines is 1. The van der Waals surface area contributed by atoms with Crippen molar-refractivity contribution in [2.24, 2.45) is 0 Å². The Bertz CT molecular complexity index is 1360. The fourth-order valence-electron chi connectivity index (χ4n) is 3.50. The molecule has 0 atom stereocenters. The molecule has 1 aromatic carbocycles. The fraction of sp³-hybridized carbons (Fsp3) is 0.174. The number of pyridine rings is 1. The Morgan fingerprint density at radius 3 is 2.39 bits per heavy atom. The Labute approximate surface area is 178 Å². The van der Waals surface area contributed by atoms with Gasteiger partial charge in [0.1, 0.15) is 22.5 Å². The molecule has 0 aliphatic heterocycles. The number of nitrogens with zero attached hydrogens (tertiary/aromatic N) is 5. The van der Waals surface area contributed by atoms with Crippen molar-refractivity contribution in [2.75, 3.05) is 14.2 Å². The second-order valence-electron chi connectivity index (χ2n) is 7.12. The molecule has 8 heteroatoms. The summed E-state index contributed by atoms with van der Waals surface area (Å²) < 4.78 is 10.7. The summed E-state index contributed by atoms with van der Waals surface area (Å²) in [4.78, 5) is 25.6. The van der Waals surface area contributed by atoms with E-state index < -0.39 is 0 Å². The lowest BCUT2D eigenvalue weighted by molar-refractivity contribution is 0.393. The van der Waals surface area contributed by atoms with E-state index in [1.807, 2.05) is 36.5 Å². The first-order valence-electron chi connectivity index (χ1n) is 9.85. The Morgan fingerprint density at radius 1 is 0.774 bits per heavy atom. The van der Waals surface area contributed by atoms with Gasteiger partial charge >= 0.3 is 0 Å². The van der Waals surface area contributed by atoms with Gasteiger partial charge in [-0.2, -0.15) is 0 Å². The number of methoxy groups -OCH3 is 2. The van der Waals surface area contributed by atoms with Gasteiger partial charge in [-0.05, 0) is 42.7 Å². The molecule has 0 aliphatic rings. The first-order valence-corrected chi connectivity index (χ1v) is 9.85. The lowest BCUT2D eigenvalue weighted by Gasteiger charge is -2.08. The smallest absolute Gasteiger partial charge is 0.178 e. The molecule has 4 aromatic heterocycles. The molecule has 154 valence electrons. The molecule has 0 radical (unpaired) electrons. The molecule has 5 aromatic rings. The van der Waals surface area contributed by atoms with E-state index in [-0.39, 0.29) is 0 Å². The Balaban J connectivity index is 1.39. The molecule has 0 spiro atoms. The highest BCUT2D eigenvalue weighted by molar-refractivity contribution is 5.82. The quantitative estimate of drug-likeness (QED) is 0.453. The van der Waals surface area contributed by atoms with E-state index in [2.05, 4.69) is 24.9 Å². The van der Waals surface area contributed by atoms with E-state index in [1.165, 1.54) is 0 Å². The summed E-state index contributed by atoms with van der Waals surface area (Å²) >= 11 is 0. The highest BCUT2D eigenvalue weighted by Crippen LogP contribution is 2.25. The van der Waals surface area contributed by atoms with Gasteiger partial charge in [0.2, 0.25) is 0 Å². The van der Waals surface area contributed by atoms with Crippen LogP contribution in [0, 0.1) is 0 Å². The second kappa shape index (κ2) is 7.98. The highest BCUT2D eigenvalue weighted by Gasteiger charge is 2.10. The molecule has 0 amide bonds.